The summed E-state index contributed by atoms with van der Waals surface area (Å²) in [6, 6.07) is 9.44. The van der Waals surface area contributed by atoms with Crippen LogP contribution in [0.4, 0.5) is 5.00 Å². The normalized spacial score (nSPS) is 10.8. The van der Waals surface area contributed by atoms with Gasteiger partial charge >= 0.3 is 0 Å². The van der Waals surface area contributed by atoms with E-state index in [1.165, 1.54) is 11.3 Å². The van der Waals surface area contributed by atoms with Gasteiger partial charge in [-0.05, 0) is 36.8 Å². The van der Waals surface area contributed by atoms with Crippen molar-refractivity contribution < 1.29 is 4.79 Å². The van der Waals surface area contributed by atoms with Crippen LogP contribution in [0.3, 0.4) is 0 Å². The van der Waals surface area contributed by atoms with Crippen LogP contribution in [0.5, 0.6) is 0 Å². The molecular formula is C17H18N4O2S. The zero-order valence-corrected chi connectivity index (χ0v) is 14.5. The van der Waals surface area contributed by atoms with Crippen molar-refractivity contribution in [2.24, 2.45) is 0 Å². The van der Waals surface area contributed by atoms with Gasteiger partial charge in [0.15, 0.2) is 0 Å². The average molecular weight is 342 g/mol. The molecule has 7 heteroatoms. The Morgan fingerprint density at radius 2 is 2.12 bits per heavy atom. The molecule has 0 bridgehead atoms. The van der Waals surface area contributed by atoms with Gasteiger partial charge in [0, 0.05) is 20.6 Å². The number of nitrogens with zero attached hydrogens (tertiary/aromatic N) is 2. The first kappa shape index (κ1) is 16.2. The maximum atomic E-state index is 12.1. The fraction of sp³-hybridized carbons (Fsp3) is 0.235. The van der Waals surface area contributed by atoms with Crippen molar-refractivity contribution in [2.45, 2.75) is 13.5 Å². The van der Waals surface area contributed by atoms with Crippen LogP contribution in [-0.2, 0) is 6.54 Å². The molecule has 3 aromatic rings. The molecule has 2 heterocycles. The number of benzene rings is 1. The van der Waals surface area contributed by atoms with Crippen LogP contribution < -0.4 is 15.8 Å². The molecule has 1 aromatic carbocycles. The van der Waals surface area contributed by atoms with E-state index in [0.29, 0.717) is 28.1 Å². The highest BCUT2D eigenvalue weighted by Crippen LogP contribution is 2.26. The number of aromatic amines is 1. The highest BCUT2D eigenvalue weighted by Gasteiger charge is 2.11. The van der Waals surface area contributed by atoms with Gasteiger partial charge < -0.3 is 15.2 Å². The summed E-state index contributed by atoms with van der Waals surface area (Å²) in [6.45, 7) is 2.40. The van der Waals surface area contributed by atoms with Crippen molar-refractivity contribution in [3.8, 4) is 0 Å². The van der Waals surface area contributed by atoms with Gasteiger partial charge in [0.05, 0.1) is 20.8 Å². The molecular weight excluding hydrogens is 324 g/mol. The zero-order chi connectivity index (χ0) is 17.3. The van der Waals surface area contributed by atoms with E-state index in [4.69, 9.17) is 0 Å². The summed E-state index contributed by atoms with van der Waals surface area (Å²) in [4.78, 5) is 33.5. The van der Waals surface area contributed by atoms with Gasteiger partial charge in [0.2, 0.25) is 0 Å². The number of amides is 1. The smallest absolute Gasteiger partial charge is 0.261 e. The number of thiophene rings is 1. The lowest BCUT2D eigenvalue weighted by atomic mass is 10.1. The van der Waals surface area contributed by atoms with Gasteiger partial charge in [0.25, 0.3) is 11.5 Å². The molecule has 24 heavy (non-hydrogen) atoms. The lowest BCUT2D eigenvalue weighted by molar-refractivity contribution is 0.0967. The Bertz CT molecular complexity index is 961. The molecule has 124 valence electrons. The Hall–Kier alpha value is -2.67. The van der Waals surface area contributed by atoms with E-state index in [2.05, 4.69) is 15.3 Å². The summed E-state index contributed by atoms with van der Waals surface area (Å²) < 4.78 is 0. The Kier molecular flexibility index (Phi) is 4.35. The SMILES string of the molecule is CNC(=O)c1ccc(N(C)Cc2ccc3nc(C)[nH]c(=O)c3c2)s1. The number of nitrogens with one attached hydrogen (secondary N) is 2. The molecule has 3 rings (SSSR count). The Morgan fingerprint density at radius 1 is 1.33 bits per heavy atom. The van der Waals surface area contributed by atoms with E-state index in [1.807, 2.05) is 42.3 Å². The quantitative estimate of drug-likeness (QED) is 0.762. The summed E-state index contributed by atoms with van der Waals surface area (Å²) >= 11 is 1.44. The number of carbonyl (C=O) groups excluding carboxylic acids is 1. The summed E-state index contributed by atoms with van der Waals surface area (Å²) in [5.74, 6) is 0.524. The second-order valence-corrected chi connectivity index (χ2v) is 6.64. The van der Waals surface area contributed by atoms with Crippen molar-refractivity contribution >= 4 is 33.1 Å². The predicted molar refractivity (Wildman–Crippen MR) is 96.9 cm³/mol. The third kappa shape index (κ3) is 3.16. The second kappa shape index (κ2) is 6.45. The first-order chi connectivity index (χ1) is 11.5. The van der Waals surface area contributed by atoms with Crippen LogP contribution in [0.1, 0.15) is 21.1 Å². The van der Waals surface area contributed by atoms with Crippen LogP contribution in [0.15, 0.2) is 35.1 Å². The minimum absolute atomic E-state index is 0.0849. The maximum Gasteiger partial charge on any atom is 0.261 e. The molecule has 0 radical (unpaired) electrons. The lowest BCUT2D eigenvalue weighted by Gasteiger charge is -2.17. The van der Waals surface area contributed by atoms with Crippen LogP contribution in [-0.4, -0.2) is 30.0 Å². The average Bonchev–Trinajstić information content (AvgIpc) is 3.04. The summed E-state index contributed by atoms with van der Waals surface area (Å²) in [7, 11) is 3.58. The summed E-state index contributed by atoms with van der Waals surface area (Å²) in [5.41, 5.74) is 1.58. The molecule has 0 aliphatic heterocycles. The fourth-order valence-corrected chi connectivity index (χ4v) is 3.44. The molecule has 0 aliphatic rings. The molecule has 2 N–H and O–H groups in total. The monoisotopic (exact) mass is 342 g/mol. The Morgan fingerprint density at radius 3 is 2.88 bits per heavy atom. The Labute approximate surface area is 143 Å². The highest BCUT2D eigenvalue weighted by atomic mass is 32.1. The third-order valence-corrected chi connectivity index (χ3v) is 4.93. The third-order valence-electron chi connectivity index (χ3n) is 3.73. The van der Waals surface area contributed by atoms with E-state index >= 15 is 0 Å². The molecule has 0 aliphatic carbocycles. The van der Waals surface area contributed by atoms with Gasteiger partial charge in [0.1, 0.15) is 5.82 Å². The fourth-order valence-electron chi connectivity index (χ4n) is 2.53. The van der Waals surface area contributed by atoms with Crippen molar-refractivity contribution in [1.29, 1.82) is 0 Å². The maximum absolute atomic E-state index is 12.1. The number of hydrogen-bond acceptors (Lipinski definition) is 5. The molecule has 0 fully saturated rings. The van der Waals surface area contributed by atoms with Gasteiger partial charge in [-0.2, -0.15) is 0 Å². The number of anilines is 1. The van der Waals surface area contributed by atoms with Crippen LogP contribution >= 0.6 is 11.3 Å². The molecule has 1 amide bonds. The predicted octanol–water partition coefficient (Wildman–Crippen LogP) is 2.29. The standard InChI is InChI=1S/C17H18N4O2S/c1-10-19-13-5-4-11(8-12(13)16(22)20-10)9-21(3)15-7-6-14(24-15)17(23)18-2/h4-8H,9H2,1-3H3,(H,18,23)(H,19,20,22). The van der Waals surface area contributed by atoms with E-state index in [1.54, 1.807) is 14.0 Å². The minimum Gasteiger partial charge on any atom is -0.362 e. The van der Waals surface area contributed by atoms with E-state index in [9.17, 15) is 9.59 Å². The van der Waals surface area contributed by atoms with Crippen molar-refractivity contribution in [2.75, 3.05) is 19.0 Å². The van der Waals surface area contributed by atoms with E-state index < -0.39 is 0 Å². The number of rotatable bonds is 4. The van der Waals surface area contributed by atoms with Crippen molar-refractivity contribution in [3.63, 3.8) is 0 Å². The van der Waals surface area contributed by atoms with Gasteiger partial charge in [-0.1, -0.05) is 6.07 Å². The highest BCUT2D eigenvalue weighted by molar-refractivity contribution is 7.17. The Balaban J connectivity index is 1.85. The molecule has 0 saturated heterocycles. The number of aromatic nitrogens is 2. The van der Waals surface area contributed by atoms with Crippen molar-refractivity contribution in [3.05, 3.63) is 57.0 Å². The van der Waals surface area contributed by atoms with E-state index in [0.717, 1.165) is 10.6 Å². The first-order valence-electron chi connectivity index (χ1n) is 7.50. The lowest BCUT2D eigenvalue weighted by Crippen LogP contribution is -2.17. The molecule has 2 aromatic heterocycles. The van der Waals surface area contributed by atoms with Gasteiger partial charge in [-0.3, -0.25) is 9.59 Å². The number of carbonyl (C=O) groups is 1. The van der Waals surface area contributed by atoms with Gasteiger partial charge in [-0.25, -0.2) is 4.98 Å². The van der Waals surface area contributed by atoms with Gasteiger partial charge in [-0.15, -0.1) is 11.3 Å². The van der Waals surface area contributed by atoms with Crippen LogP contribution in [0.2, 0.25) is 0 Å². The largest absolute Gasteiger partial charge is 0.362 e. The molecule has 0 saturated carbocycles. The minimum atomic E-state index is -0.125. The van der Waals surface area contributed by atoms with Crippen molar-refractivity contribution in [1.82, 2.24) is 15.3 Å². The molecule has 0 unspecified atom stereocenters. The molecule has 0 spiro atoms. The second-order valence-electron chi connectivity index (χ2n) is 5.58. The zero-order valence-electron chi connectivity index (χ0n) is 13.7. The summed E-state index contributed by atoms with van der Waals surface area (Å²) in [6.07, 6.45) is 0. The number of hydrogen-bond donors (Lipinski definition) is 2. The van der Waals surface area contributed by atoms with Crippen LogP contribution in [0, 0.1) is 6.92 Å². The number of fused-ring (bicyclic) bond motifs is 1. The topological polar surface area (TPSA) is 78.1 Å². The summed E-state index contributed by atoms with van der Waals surface area (Å²) in [5, 5.41) is 4.20. The number of aryl methyl sites for hydroxylation is 1. The molecule has 0 atom stereocenters. The first-order valence-corrected chi connectivity index (χ1v) is 8.32. The molecule has 6 nitrogen and oxygen atoms in total. The van der Waals surface area contributed by atoms with E-state index in [-0.39, 0.29) is 11.5 Å². The number of H-pyrrole nitrogens is 1. The van der Waals surface area contributed by atoms with Crippen LogP contribution in [0.25, 0.3) is 10.9 Å².